The van der Waals surface area contributed by atoms with Crippen LogP contribution < -0.4 is 5.73 Å². The van der Waals surface area contributed by atoms with Crippen molar-refractivity contribution in [3.05, 3.63) is 29.6 Å². The van der Waals surface area contributed by atoms with E-state index in [0.29, 0.717) is 5.92 Å². The lowest BCUT2D eigenvalue weighted by molar-refractivity contribution is 0.153. The molecule has 0 bridgehead atoms. The Labute approximate surface area is 119 Å². The summed E-state index contributed by atoms with van der Waals surface area (Å²) in [6.45, 7) is 1.81. The lowest BCUT2D eigenvalue weighted by Crippen LogP contribution is -2.24. The third-order valence-electron chi connectivity index (χ3n) is 4.36. The molecule has 1 fully saturated rings. The molecule has 0 saturated heterocycles. The fraction of sp³-hybridized carbons (Fsp3) is 0.562. The van der Waals surface area contributed by atoms with Crippen molar-refractivity contribution in [1.82, 2.24) is 9.97 Å². The number of aromatic nitrogens is 2. The standard InChI is InChI=1S/C16H23N3O/c1-10(17)15(20)12-7-8-13-14(9-12)19-16(18-13)11-5-3-2-4-6-11/h7-11,15,20H,2-6,17H2,1H3,(H,18,19). The van der Waals surface area contributed by atoms with Gasteiger partial charge in [-0.25, -0.2) is 4.98 Å². The first-order valence-corrected chi connectivity index (χ1v) is 7.58. The van der Waals surface area contributed by atoms with Gasteiger partial charge in [0.1, 0.15) is 5.82 Å². The maximum atomic E-state index is 10.1. The van der Waals surface area contributed by atoms with E-state index < -0.39 is 6.10 Å². The van der Waals surface area contributed by atoms with Gasteiger partial charge in [-0.15, -0.1) is 0 Å². The van der Waals surface area contributed by atoms with Gasteiger partial charge in [-0.2, -0.15) is 0 Å². The van der Waals surface area contributed by atoms with E-state index in [2.05, 4.69) is 4.98 Å². The Hall–Kier alpha value is -1.39. The quantitative estimate of drug-likeness (QED) is 0.804. The van der Waals surface area contributed by atoms with Gasteiger partial charge >= 0.3 is 0 Å². The second-order valence-electron chi connectivity index (χ2n) is 6.04. The zero-order valence-corrected chi connectivity index (χ0v) is 12.0. The summed E-state index contributed by atoms with van der Waals surface area (Å²) in [6.07, 6.45) is 5.79. The number of fused-ring (bicyclic) bond motifs is 1. The van der Waals surface area contributed by atoms with Crippen molar-refractivity contribution in [2.75, 3.05) is 0 Å². The van der Waals surface area contributed by atoms with Crippen molar-refractivity contribution >= 4 is 11.0 Å². The van der Waals surface area contributed by atoms with E-state index in [0.717, 1.165) is 22.4 Å². The molecule has 1 aromatic carbocycles. The largest absolute Gasteiger partial charge is 0.387 e. The van der Waals surface area contributed by atoms with Gasteiger partial charge in [-0.1, -0.05) is 25.3 Å². The molecule has 108 valence electrons. The molecule has 3 rings (SSSR count). The Morgan fingerprint density at radius 2 is 2.05 bits per heavy atom. The summed E-state index contributed by atoms with van der Waals surface area (Å²) in [5.74, 6) is 1.67. The number of hydrogen-bond donors (Lipinski definition) is 3. The Kier molecular flexibility index (Phi) is 3.76. The van der Waals surface area contributed by atoms with Crippen LogP contribution in [0.25, 0.3) is 11.0 Å². The highest BCUT2D eigenvalue weighted by molar-refractivity contribution is 5.76. The minimum absolute atomic E-state index is 0.270. The van der Waals surface area contributed by atoms with Crippen molar-refractivity contribution in [3.8, 4) is 0 Å². The highest BCUT2D eigenvalue weighted by Crippen LogP contribution is 2.32. The van der Waals surface area contributed by atoms with Crippen LogP contribution in [0.4, 0.5) is 0 Å². The highest BCUT2D eigenvalue weighted by Gasteiger charge is 2.19. The van der Waals surface area contributed by atoms with E-state index in [1.165, 1.54) is 32.1 Å². The molecule has 1 heterocycles. The number of nitrogens with two attached hydrogens (primary N) is 1. The van der Waals surface area contributed by atoms with Gasteiger partial charge in [0.15, 0.2) is 0 Å². The maximum absolute atomic E-state index is 10.1. The number of nitrogens with zero attached hydrogens (tertiary/aromatic N) is 1. The molecule has 0 amide bonds. The molecule has 4 N–H and O–H groups in total. The maximum Gasteiger partial charge on any atom is 0.110 e. The number of H-pyrrole nitrogens is 1. The van der Waals surface area contributed by atoms with Crippen molar-refractivity contribution in [2.24, 2.45) is 5.73 Å². The van der Waals surface area contributed by atoms with E-state index >= 15 is 0 Å². The minimum atomic E-state index is -0.624. The second-order valence-corrected chi connectivity index (χ2v) is 6.04. The van der Waals surface area contributed by atoms with Crippen LogP contribution in [0.5, 0.6) is 0 Å². The summed E-state index contributed by atoms with van der Waals surface area (Å²) < 4.78 is 0. The topological polar surface area (TPSA) is 74.9 Å². The molecule has 1 aromatic heterocycles. The fourth-order valence-corrected chi connectivity index (χ4v) is 3.10. The van der Waals surface area contributed by atoms with Gasteiger partial charge in [-0.05, 0) is 37.5 Å². The van der Waals surface area contributed by atoms with Crippen LogP contribution in [0.2, 0.25) is 0 Å². The van der Waals surface area contributed by atoms with Gasteiger partial charge in [0.2, 0.25) is 0 Å². The molecule has 4 heteroatoms. The Morgan fingerprint density at radius 3 is 2.75 bits per heavy atom. The summed E-state index contributed by atoms with van der Waals surface area (Å²) in [4.78, 5) is 8.15. The number of aromatic amines is 1. The van der Waals surface area contributed by atoms with Crippen molar-refractivity contribution in [2.45, 2.75) is 57.1 Å². The fourth-order valence-electron chi connectivity index (χ4n) is 3.10. The first-order chi connectivity index (χ1) is 9.65. The van der Waals surface area contributed by atoms with Gasteiger partial charge in [-0.3, -0.25) is 0 Å². The van der Waals surface area contributed by atoms with Gasteiger partial charge in [0, 0.05) is 12.0 Å². The lowest BCUT2D eigenvalue weighted by Gasteiger charge is -2.19. The first kappa shape index (κ1) is 13.6. The zero-order chi connectivity index (χ0) is 14.1. The number of rotatable bonds is 3. The zero-order valence-electron chi connectivity index (χ0n) is 12.0. The number of aliphatic hydroxyl groups is 1. The molecule has 0 radical (unpaired) electrons. The SMILES string of the molecule is CC(N)C(O)c1ccc2nc(C3CCCCC3)[nH]c2c1. The molecular formula is C16H23N3O. The normalized spacial score (nSPS) is 20.1. The van der Waals surface area contributed by atoms with Crippen LogP contribution in [0.3, 0.4) is 0 Å². The average molecular weight is 273 g/mol. The van der Waals surface area contributed by atoms with Crippen LogP contribution in [0, 0.1) is 0 Å². The number of hydrogen-bond acceptors (Lipinski definition) is 3. The molecule has 2 aromatic rings. The van der Waals surface area contributed by atoms with Crippen molar-refractivity contribution < 1.29 is 5.11 Å². The summed E-state index contributed by atoms with van der Waals surface area (Å²) >= 11 is 0. The molecule has 1 aliphatic rings. The van der Waals surface area contributed by atoms with Crippen LogP contribution in [0.1, 0.15) is 62.4 Å². The molecule has 0 spiro atoms. The van der Waals surface area contributed by atoms with E-state index in [9.17, 15) is 5.11 Å². The van der Waals surface area contributed by atoms with E-state index in [1.807, 2.05) is 25.1 Å². The van der Waals surface area contributed by atoms with E-state index in [4.69, 9.17) is 10.7 Å². The number of aliphatic hydroxyl groups excluding tert-OH is 1. The predicted octanol–water partition coefficient (Wildman–Crippen LogP) is 2.99. The van der Waals surface area contributed by atoms with Crippen LogP contribution in [-0.4, -0.2) is 21.1 Å². The molecule has 1 aliphatic carbocycles. The smallest absolute Gasteiger partial charge is 0.110 e. The molecular weight excluding hydrogens is 250 g/mol. The second kappa shape index (κ2) is 5.54. The molecule has 20 heavy (non-hydrogen) atoms. The molecule has 4 nitrogen and oxygen atoms in total. The number of imidazole rings is 1. The summed E-state index contributed by atoms with van der Waals surface area (Å²) in [5, 5.41) is 10.1. The first-order valence-electron chi connectivity index (χ1n) is 7.58. The highest BCUT2D eigenvalue weighted by atomic mass is 16.3. The van der Waals surface area contributed by atoms with Crippen LogP contribution >= 0.6 is 0 Å². The Morgan fingerprint density at radius 1 is 1.30 bits per heavy atom. The third kappa shape index (κ3) is 2.58. The summed E-state index contributed by atoms with van der Waals surface area (Å²) in [5.41, 5.74) is 8.59. The van der Waals surface area contributed by atoms with E-state index in [1.54, 1.807) is 0 Å². The molecule has 1 saturated carbocycles. The van der Waals surface area contributed by atoms with Gasteiger partial charge < -0.3 is 15.8 Å². The number of benzene rings is 1. The van der Waals surface area contributed by atoms with Crippen LogP contribution in [-0.2, 0) is 0 Å². The average Bonchev–Trinajstić information content (AvgIpc) is 2.90. The van der Waals surface area contributed by atoms with Gasteiger partial charge in [0.05, 0.1) is 17.1 Å². The summed E-state index contributed by atoms with van der Waals surface area (Å²) in [6, 6.07) is 5.59. The Balaban J connectivity index is 1.90. The molecule has 0 aliphatic heterocycles. The molecule has 2 atom stereocenters. The Bertz CT molecular complexity index is 584. The third-order valence-corrected chi connectivity index (χ3v) is 4.36. The summed E-state index contributed by atoms with van der Waals surface area (Å²) in [7, 11) is 0. The minimum Gasteiger partial charge on any atom is -0.387 e. The monoisotopic (exact) mass is 273 g/mol. The van der Waals surface area contributed by atoms with Crippen LogP contribution in [0.15, 0.2) is 18.2 Å². The predicted molar refractivity (Wildman–Crippen MR) is 80.5 cm³/mol. The van der Waals surface area contributed by atoms with Crippen molar-refractivity contribution in [1.29, 1.82) is 0 Å². The lowest BCUT2D eigenvalue weighted by atomic mass is 9.89. The number of nitrogens with one attached hydrogen (secondary N) is 1. The van der Waals surface area contributed by atoms with E-state index in [-0.39, 0.29) is 6.04 Å². The van der Waals surface area contributed by atoms with Crippen molar-refractivity contribution in [3.63, 3.8) is 0 Å². The molecule has 2 unspecified atom stereocenters. The van der Waals surface area contributed by atoms with Gasteiger partial charge in [0.25, 0.3) is 0 Å².